The minimum atomic E-state index is -3.82. The van der Waals surface area contributed by atoms with Gasteiger partial charge in [-0.1, -0.05) is 48.5 Å². The lowest BCUT2D eigenvalue weighted by Crippen LogP contribution is -2.24. The summed E-state index contributed by atoms with van der Waals surface area (Å²) in [5, 5.41) is 14.4. The fourth-order valence-corrected chi connectivity index (χ4v) is 4.51. The first-order chi connectivity index (χ1) is 18.5. The average molecular weight is 559 g/mol. The first-order valence-corrected chi connectivity index (χ1v) is 13.9. The highest BCUT2D eigenvalue weighted by Gasteiger charge is 2.32. The van der Waals surface area contributed by atoms with Gasteiger partial charge < -0.3 is 24.3 Å². The highest BCUT2D eigenvalue weighted by molar-refractivity contribution is 7.86. The molecule has 0 saturated heterocycles. The number of benzene rings is 3. The maximum absolute atomic E-state index is 14.3. The Morgan fingerprint density at radius 1 is 1.00 bits per heavy atom. The molecule has 1 aromatic heterocycles. The lowest BCUT2D eigenvalue weighted by atomic mass is 10.0. The van der Waals surface area contributed by atoms with Crippen LogP contribution in [0.3, 0.4) is 0 Å². The number of aliphatic hydroxyl groups is 1. The molecule has 206 valence electrons. The molecule has 0 saturated carbocycles. The van der Waals surface area contributed by atoms with Crippen LogP contribution >= 0.6 is 0 Å². The molecule has 0 spiro atoms. The molecule has 1 heterocycles. The van der Waals surface area contributed by atoms with Crippen molar-refractivity contribution < 1.29 is 31.2 Å². The van der Waals surface area contributed by atoms with Crippen LogP contribution in [0.4, 0.5) is 8.78 Å². The third-order valence-electron chi connectivity index (χ3n) is 5.96. The first-order valence-electron chi connectivity index (χ1n) is 12.1. The Labute approximate surface area is 224 Å². The summed E-state index contributed by atoms with van der Waals surface area (Å²) < 4.78 is 62.0. The highest BCUT2D eigenvalue weighted by atomic mass is 32.2. The van der Waals surface area contributed by atoms with Gasteiger partial charge in [-0.25, -0.2) is 0 Å². The smallest absolute Gasteiger partial charge is 0.306 e. The standard InChI is InChI=1S/C28H28F2N2O6S/c1-39(35,36)38-25-13-11-22(23-12-14-26(34)32-27(23)25)24(33)17-31-16-15-19-7-9-21(10-8-19)37-18-28(29,30)20-5-3-2-4-6-20/h2-14,24,31,33H,15-18H2,1H3,(H,32,34)/t24-/m0/s1. The number of H-pyrrole nitrogens is 1. The molecule has 0 unspecified atom stereocenters. The molecule has 0 fully saturated rings. The van der Waals surface area contributed by atoms with E-state index < -0.39 is 34.3 Å². The molecule has 0 bridgehead atoms. The second kappa shape index (κ2) is 11.9. The van der Waals surface area contributed by atoms with Crippen LogP contribution in [-0.4, -0.2) is 44.5 Å². The Bertz CT molecular complexity index is 1580. The Balaban J connectivity index is 1.30. The summed E-state index contributed by atoms with van der Waals surface area (Å²) >= 11 is 0. The summed E-state index contributed by atoms with van der Waals surface area (Å²) in [6.07, 6.45) is 0.563. The average Bonchev–Trinajstić information content (AvgIpc) is 2.90. The SMILES string of the molecule is CS(=O)(=O)Oc1ccc([C@@H](O)CNCCc2ccc(OCC(F)(F)c3ccccc3)cc2)c2ccc(=O)[nH]c12. The van der Waals surface area contributed by atoms with E-state index in [1.54, 1.807) is 48.5 Å². The molecule has 11 heteroatoms. The maximum atomic E-state index is 14.3. The molecule has 3 aromatic carbocycles. The predicted octanol–water partition coefficient (Wildman–Crippen LogP) is 3.90. The summed E-state index contributed by atoms with van der Waals surface area (Å²) in [7, 11) is -3.82. The van der Waals surface area contributed by atoms with Crippen molar-refractivity contribution in [3.05, 3.63) is 106 Å². The number of nitrogens with one attached hydrogen (secondary N) is 2. The van der Waals surface area contributed by atoms with Crippen LogP contribution in [-0.2, 0) is 22.5 Å². The number of hydrogen-bond acceptors (Lipinski definition) is 7. The van der Waals surface area contributed by atoms with Crippen molar-refractivity contribution in [2.75, 3.05) is 26.0 Å². The van der Waals surface area contributed by atoms with E-state index >= 15 is 0 Å². The quantitative estimate of drug-likeness (QED) is 0.178. The van der Waals surface area contributed by atoms with E-state index in [0.29, 0.717) is 29.7 Å². The van der Waals surface area contributed by atoms with Gasteiger partial charge in [-0.05, 0) is 48.4 Å². The van der Waals surface area contributed by atoms with Crippen molar-refractivity contribution in [2.45, 2.75) is 18.4 Å². The predicted molar refractivity (Wildman–Crippen MR) is 144 cm³/mol. The summed E-state index contributed by atoms with van der Waals surface area (Å²) in [5.41, 5.74) is 1.07. The number of halogens is 2. The second-order valence-corrected chi connectivity index (χ2v) is 10.6. The molecule has 4 aromatic rings. The van der Waals surface area contributed by atoms with Crippen molar-refractivity contribution in [3.63, 3.8) is 0 Å². The monoisotopic (exact) mass is 558 g/mol. The number of aliphatic hydroxyl groups excluding tert-OH is 1. The number of alkyl halides is 2. The molecule has 0 aliphatic carbocycles. The zero-order valence-corrected chi connectivity index (χ0v) is 21.9. The van der Waals surface area contributed by atoms with Gasteiger partial charge in [-0.15, -0.1) is 0 Å². The Morgan fingerprint density at radius 2 is 1.72 bits per heavy atom. The molecule has 1 atom stereocenters. The minimum Gasteiger partial charge on any atom is -0.487 e. The van der Waals surface area contributed by atoms with Gasteiger partial charge in [0.1, 0.15) is 5.75 Å². The van der Waals surface area contributed by atoms with Crippen LogP contribution in [0, 0.1) is 0 Å². The van der Waals surface area contributed by atoms with Crippen molar-refractivity contribution in [1.82, 2.24) is 10.3 Å². The largest absolute Gasteiger partial charge is 0.487 e. The molecule has 4 rings (SSSR count). The Morgan fingerprint density at radius 3 is 2.41 bits per heavy atom. The van der Waals surface area contributed by atoms with Crippen LogP contribution in [0.2, 0.25) is 0 Å². The van der Waals surface area contributed by atoms with Crippen molar-refractivity contribution in [3.8, 4) is 11.5 Å². The molecule has 0 aliphatic rings. The Kier molecular flexibility index (Phi) is 8.63. The van der Waals surface area contributed by atoms with E-state index in [1.165, 1.54) is 30.3 Å². The number of aromatic nitrogens is 1. The topological polar surface area (TPSA) is 118 Å². The van der Waals surface area contributed by atoms with Gasteiger partial charge in [0.05, 0.1) is 17.9 Å². The van der Waals surface area contributed by atoms with Crippen molar-refractivity contribution in [1.29, 1.82) is 0 Å². The fraction of sp³-hybridized carbons (Fsp3) is 0.250. The van der Waals surface area contributed by atoms with E-state index in [0.717, 1.165) is 11.8 Å². The third-order valence-corrected chi connectivity index (χ3v) is 6.44. The van der Waals surface area contributed by atoms with Crippen molar-refractivity contribution in [2.24, 2.45) is 0 Å². The van der Waals surface area contributed by atoms with Crippen molar-refractivity contribution >= 4 is 21.0 Å². The van der Waals surface area contributed by atoms with Crippen LogP contribution < -0.4 is 19.8 Å². The number of fused-ring (bicyclic) bond motifs is 1. The first kappa shape index (κ1) is 28.2. The zero-order chi connectivity index (χ0) is 28.0. The van der Waals surface area contributed by atoms with Crippen LogP contribution in [0.1, 0.15) is 22.8 Å². The number of hydrogen-bond donors (Lipinski definition) is 3. The summed E-state index contributed by atoms with van der Waals surface area (Å²) in [4.78, 5) is 14.4. The lowest BCUT2D eigenvalue weighted by Gasteiger charge is -2.17. The molecular formula is C28H28F2N2O6S. The number of ether oxygens (including phenoxy) is 1. The van der Waals surface area contributed by atoms with Crippen LogP contribution in [0.5, 0.6) is 11.5 Å². The van der Waals surface area contributed by atoms with Gasteiger partial charge in [0, 0.05) is 23.6 Å². The Hall–Kier alpha value is -3.80. The minimum absolute atomic E-state index is 0.0367. The normalized spacial score (nSPS) is 12.8. The number of pyridine rings is 1. The third kappa shape index (κ3) is 7.62. The van der Waals surface area contributed by atoms with Crippen LogP contribution in [0.25, 0.3) is 10.9 Å². The van der Waals surface area contributed by atoms with Gasteiger partial charge in [0.15, 0.2) is 12.4 Å². The van der Waals surface area contributed by atoms with Gasteiger partial charge in [-0.3, -0.25) is 4.79 Å². The lowest BCUT2D eigenvalue weighted by molar-refractivity contribution is -0.0467. The summed E-state index contributed by atoms with van der Waals surface area (Å²) in [6, 6.07) is 20.1. The maximum Gasteiger partial charge on any atom is 0.306 e. The zero-order valence-electron chi connectivity index (χ0n) is 21.1. The van der Waals surface area contributed by atoms with E-state index in [2.05, 4.69) is 10.3 Å². The summed E-state index contributed by atoms with van der Waals surface area (Å²) in [5.74, 6) is -2.80. The molecule has 8 nitrogen and oxygen atoms in total. The molecule has 0 aliphatic heterocycles. The van der Waals surface area contributed by atoms with Gasteiger partial charge in [0.2, 0.25) is 5.56 Å². The molecule has 0 radical (unpaired) electrons. The van der Waals surface area contributed by atoms with E-state index in [1.807, 2.05) is 0 Å². The van der Waals surface area contributed by atoms with E-state index in [9.17, 15) is 27.1 Å². The second-order valence-electron chi connectivity index (χ2n) is 9.02. The molecule has 39 heavy (non-hydrogen) atoms. The van der Waals surface area contributed by atoms with E-state index in [-0.39, 0.29) is 23.4 Å². The molecule has 3 N–H and O–H groups in total. The van der Waals surface area contributed by atoms with E-state index in [4.69, 9.17) is 8.92 Å². The van der Waals surface area contributed by atoms with Gasteiger partial charge >= 0.3 is 16.0 Å². The molecule has 0 amide bonds. The summed E-state index contributed by atoms with van der Waals surface area (Å²) in [6.45, 7) is -0.0522. The number of rotatable bonds is 12. The number of aromatic amines is 1. The van der Waals surface area contributed by atoms with Gasteiger partial charge in [0.25, 0.3) is 0 Å². The highest BCUT2D eigenvalue weighted by Crippen LogP contribution is 2.31. The fourth-order valence-electron chi connectivity index (χ4n) is 4.04. The van der Waals surface area contributed by atoms with Gasteiger partial charge in [-0.2, -0.15) is 17.2 Å². The molecular weight excluding hydrogens is 530 g/mol. The van der Waals surface area contributed by atoms with Crippen LogP contribution in [0.15, 0.2) is 83.7 Å².